The average molecular weight is 350 g/mol. The quantitative estimate of drug-likeness (QED) is 0.920. The van der Waals surface area contributed by atoms with Crippen LogP contribution >= 0.6 is 15.9 Å². The minimum atomic E-state index is -0.768. The van der Waals surface area contributed by atoms with Crippen LogP contribution in [0.25, 0.3) is 10.8 Å². The first kappa shape index (κ1) is 14.3. The number of aromatic nitrogens is 1. The maximum Gasteiger partial charge on any atom is 0.317 e. The van der Waals surface area contributed by atoms with Gasteiger partial charge in [0.2, 0.25) is 0 Å². The Morgan fingerprint density at radius 1 is 1.19 bits per heavy atom. The normalized spacial score (nSPS) is 16.3. The number of pyridine rings is 1. The zero-order valence-corrected chi connectivity index (χ0v) is 13.1. The lowest BCUT2D eigenvalue weighted by atomic mass is 10.1. The van der Waals surface area contributed by atoms with Crippen molar-refractivity contribution in [2.24, 2.45) is 0 Å². The van der Waals surface area contributed by atoms with Crippen molar-refractivity contribution in [1.82, 2.24) is 9.88 Å². The topological polar surface area (TPSA) is 56.7 Å². The highest BCUT2D eigenvalue weighted by Gasteiger charge is 2.21. The van der Waals surface area contributed by atoms with Crippen LogP contribution in [-0.4, -0.2) is 53.7 Å². The highest BCUT2D eigenvalue weighted by atomic mass is 79.9. The molecule has 0 radical (unpaired) electrons. The van der Waals surface area contributed by atoms with Crippen LogP contribution in [-0.2, 0) is 4.79 Å². The van der Waals surface area contributed by atoms with Crippen molar-refractivity contribution in [3.63, 3.8) is 0 Å². The summed E-state index contributed by atoms with van der Waals surface area (Å²) in [5.41, 5.74) is 0. The van der Waals surface area contributed by atoms with Crippen LogP contribution in [0.1, 0.15) is 0 Å². The van der Waals surface area contributed by atoms with E-state index in [1.165, 1.54) is 0 Å². The van der Waals surface area contributed by atoms with E-state index in [0.29, 0.717) is 0 Å². The molecule has 1 N–H and O–H groups in total. The van der Waals surface area contributed by atoms with Crippen LogP contribution in [0.3, 0.4) is 0 Å². The molecule has 2 aromatic rings. The number of rotatable bonds is 3. The molecule has 1 saturated heterocycles. The number of fused-ring (bicyclic) bond motifs is 1. The van der Waals surface area contributed by atoms with Gasteiger partial charge in [0.15, 0.2) is 0 Å². The van der Waals surface area contributed by atoms with E-state index in [1.54, 1.807) is 0 Å². The molecule has 1 aliphatic heterocycles. The maximum atomic E-state index is 10.8. The van der Waals surface area contributed by atoms with Gasteiger partial charge < -0.3 is 10.0 Å². The summed E-state index contributed by atoms with van der Waals surface area (Å²) in [6, 6.07) is 8.12. The maximum absolute atomic E-state index is 10.8. The summed E-state index contributed by atoms with van der Waals surface area (Å²) in [5.74, 6) is 0.208. The zero-order valence-electron chi connectivity index (χ0n) is 11.5. The minimum absolute atomic E-state index is 0.113. The summed E-state index contributed by atoms with van der Waals surface area (Å²) in [6.07, 6.45) is 1.83. The first-order valence-electron chi connectivity index (χ1n) is 6.87. The average Bonchev–Trinajstić information content (AvgIpc) is 2.48. The number of hydrogen-bond acceptors (Lipinski definition) is 4. The first-order valence-corrected chi connectivity index (χ1v) is 7.67. The van der Waals surface area contributed by atoms with Gasteiger partial charge in [-0.3, -0.25) is 9.69 Å². The molecule has 1 aliphatic rings. The molecular weight excluding hydrogens is 334 g/mol. The lowest BCUT2D eigenvalue weighted by Crippen LogP contribution is -2.48. The molecule has 2 heterocycles. The van der Waals surface area contributed by atoms with Gasteiger partial charge in [-0.25, -0.2) is 4.98 Å². The molecule has 0 spiro atoms. The molecule has 6 heteroatoms. The summed E-state index contributed by atoms with van der Waals surface area (Å²) in [7, 11) is 0. The SMILES string of the molecule is O=C(O)CN1CCN(c2nccc3c(Br)cccc23)CC1. The Morgan fingerprint density at radius 2 is 1.95 bits per heavy atom. The lowest BCUT2D eigenvalue weighted by molar-refractivity contribution is -0.138. The first-order chi connectivity index (χ1) is 10.1. The lowest BCUT2D eigenvalue weighted by Gasteiger charge is -2.35. The Balaban J connectivity index is 1.83. The standard InChI is InChI=1S/C15H16BrN3O2/c16-13-3-1-2-12-11(13)4-5-17-15(12)19-8-6-18(7-9-19)10-14(20)21/h1-5H,6-10H2,(H,20,21). The molecule has 21 heavy (non-hydrogen) atoms. The minimum Gasteiger partial charge on any atom is -0.480 e. The summed E-state index contributed by atoms with van der Waals surface area (Å²) >= 11 is 3.57. The molecule has 0 aliphatic carbocycles. The summed E-state index contributed by atoms with van der Waals surface area (Å²) in [4.78, 5) is 19.5. The summed E-state index contributed by atoms with van der Waals surface area (Å²) in [5, 5.41) is 11.1. The highest BCUT2D eigenvalue weighted by molar-refractivity contribution is 9.10. The van der Waals surface area contributed by atoms with Gasteiger partial charge in [-0.1, -0.05) is 28.1 Å². The predicted octanol–water partition coefficient (Wildman–Crippen LogP) is 2.20. The molecule has 0 saturated carbocycles. The van der Waals surface area contributed by atoms with Crippen LogP contribution < -0.4 is 4.90 Å². The molecule has 0 atom stereocenters. The molecule has 0 bridgehead atoms. The fourth-order valence-corrected chi connectivity index (χ4v) is 3.21. The molecule has 3 rings (SSSR count). The van der Waals surface area contributed by atoms with Gasteiger partial charge in [0.25, 0.3) is 0 Å². The van der Waals surface area contributed by atoms with Crippen molar-refractivity contribution >= 4 is 38.5 Å². The van der Waals surface area contributed by atoms with Crippen LogP contribution in [0.4, 0.5) is 5.82 Å². The van der Waals surface area contributed by atoms with E-state index in [9.17, 15) is 4.79 Å². The van der Waals surface area contributed by atoms with Crippen molar-refractivity contribution < 1.29 is 9.90 Å². The molecule has 110 valence electrons. The van der Waals surface area contributed by atoms with Gasteiger partial charge in [0, 0.05) is 47.6 Å². The van der Waals surface area contributed by atoms with E-state index in [2.05, 4.69) is 31.9 Å². The third-order valence-electron chi connectivity index (χ3n) is 3.76. The van der Waals surface area contributed by atoms with Crippen molar-refractivity contribution in [1.29, 1.82) is 0 Å². The molecule has 0 unspecified atom stereocenters. The Morgan fingerprint density at radius 3 is 2.67 bits per heavy atom. The fourth-order valence-electron chi connectivity index (χ4n) is 2.71. The second-order valence-corrected chi connectivity index (χ2v) is 5.98. The van der Waals surface area contributed by atoms with Crippen molar-refractivity contribution in [3.05, 3.63) is 34.9 Å². The number of piperazine rings is 1. The van der Waals surface area contributed by atoms with E-state index >= 15 is 0 Å². The van der Waals surface area contributed by atoms with Crippen molar-refractivity contribution in [2.45, 2.75) is 0 Å². The molecule has 5 nitrogen and oxygen atoms in total. The zero-order chi connectivity index (χ0) is 14.8. The van der Waals surface area contributed by atoms with E-state index in [-0.39, 0.29) is 6.54 Å². The second kappa shape index (κ2) is 5.99. The van der Waals surface area contributed by atoms with Gasteiger partial charge in [-0.15, -0.1) is 0 Å². The Bertz CT molecular complexity index is 669. The van der Waals surface area contributed by atoms with Gasteiger partial charge in [-0.05, 0) is 12.1 Å². The predicted molar refractivity (Wildman–Crippen MR) is 85.7 cm³/mol. The number of carboxylic acids is 1. The Labute approximate surface area is 131 Å². The van der Waals surface area contributed by atoms with Crippen molar-refractivity contribution in [2.75, 3.05) is 37.6 Å². The number of carboxylic acid groups (broad SMARTS) is 1. The molecule has 1 fully saturated rings. The number of aliphatic carboxylic acids is 1. The van der Waals surface area contributed by atoms with E-state index in [0.717, 1.165) is 47.2 Å². The summed E-state index contributed by atoms with van der Waals surface area (Å²) < 4.78 is 1.06. The smallest absolute Gasteiger partial charge is 0.317 e. The number of benzene rings is 1. The Hall–Kier alpha value is -1.66. The van der Waals surface area contributed by atoms with Gasteiger partial charge in [0.1, 0.15) is 5.82 Å². The van der Waals surface area contributed by atoms with Crippen LogP contribution in [0.5, 0.6) is 0 Å². The highest BCUT2D eigenvalue weighted by Crippen LogP contribution is 2.30. The van der Waals surface area contributed by atoms with Crippen LogP contribution in [0.2, 0.25) is 0 Å². The monoisotopic (exact) mass is 349 g/mol. The van der Waals surface area contributed by atoms with Crippen LogP contribution in [0, 0.1) is 0 Å². The third kappa shape index (κ3) is 3.01. The number of anilines is 1. The number of hydrogen-bond donors (Lipinski definition) is 1. The van der Waals surface area contributed by atoms with E-state index in [4.69, 9.17) is 5.11 Å². The number of carbonyl (C=O) groups is 1. The number of halogens is 1. The van der Waals surface area contributed by atoms with Gasteiger partial charge in [0.05, 0.1) is 6.54 Å². The molecule has 1 aromatic carbocycles. The summed E-state index contributed by atoms with van der Waals surface area (Å²) in [6.45, 7) is 3.21. The largest absolute Gasteiger partial charge is 0.480 e. The molecular formula is C15H16BrN3O2. The van der Waals surface area contributed by atoms with Crippen LogP contribution in [0.15, 0.2) is 34.9 Å². The fraction of sp³-hybridized carbons (Fsp3) is 0.333. The molecule has 0 amide bonds. The van der Waals surface area contributed by atoms with E-state index in [1.807, 2.05) is 29.3 Å². The van der Waals surface area contributed by atoms with Gasteiger partial charge in [-0.2, -0.15) is 0 Å². The van der Waals surface area contributed by atoms with Gasteiger partial charge >= 0.3 is 5.97 Å². The molecule has 1 aromatic heterocycles. The second-order valence-electron chi connectivity index (χ2n) is 5.13. The third-order valence-corrected chi connectivity index (χ3v) is 4.45. The van der Waals surface area contributed by atoms with Crippen molar-refractivity contribution in [3.8, 4) is 0 Å². The Kier molecular flexibility index (Phi) is 4.07. The van der Waals surface area contributed by atoms with E-state index < -0.39 is 5.97 Å². The number of nitrogens with zero attached hydrogens (tertiary/aromatic N) is 3.